The van der Waals surface area contributed by atoms with Crippen LogP contribution in [-0.4, -0.2) is 0 Å². The Morgan fingerprint density at radius 3 is 1.11 bits per heavy atom. The van der Waals surface area contributed by atoms with Crippen LogP contribution in [0.1, 0.15) is 44.5 Å². The number of rotatable bonds is 7. The number of fused-ring (bicyclic) bond motifs is 18. The standard InChI is InChI=1S/C80H51NO2/c1-2-20-52(21-3-1)54-22-18-23-55(48-54)53-40-44-59(45-41-53)81(60-25-19-24-56(49-60)57-42-46-64-62-27-4-7-29-66(62)79(72(64)50-57)68-31-9-14-36-75(68)82-76-37-15-10-32-69(76)79)74-35-13-6-26-61(74)58-43-47-65-63-28-5-8-30-67(63)80(73(65)51-58)70-33-11-16-38-77(70)83-78-39-17-12-34-71(78)80/h1-51H. The lowest BCUT2D eigenvalue weighted by molar-refractivity contribution is 0.436. The molecule has 3 heteroatoms. The van der Waals surface area contributed by atoms with Crippen LogP contribution in [0.3, 0.4) is 0 Å². The van der Waals surface area contributed by atoms with Gasteiger partial charge in [-0.1, -0.05) is 237 Å². The summed E-state index contributed by atoms with van der Waals surface area (Å²) in [5.41, 5.74) is 25.8. The SMILES string of the molecule is c1ccc(-c2cccc(-c3ccc(N(c4cccc(-c5ccc6c(c5)C5(c7ccccc7Oc7ccccc75)c5ccccc5-6)c4)c4ccccc4-c4ccc5c(c4)C4(c6ccccc6Oc6ccccc64)c4ccccc4-5)cc3)c2)cc1. The zero-order chi connectivity index (χ0) is 54.6. The van der Waals surface area contributed by atoms with Crippen LogP contribution in [0.25, 0.3) is 66.8 Å². The maximum absolute atomic E-state index is 6.74. The Balaban J connectivity index is 0.847. The van der Waals surface area contributed by atoms with Crippen molar-refractivity contribution < 1.29 is 9.47 Å². The van der Waals surface area contributed by atoms with Crippen molar-refractivity contribution in [3.63, 3.8) is 0 Å². The van der Waals surface area contributed by atoms with E-state index in [2.05, 4.69) is 314 Å². The Kier molecular flexibility index (Phi) is 10.4. The zero-order valence-corrected chi connectivity index (χ0v) is 45.2. The van der Waals surface area contributed by atoms with Gasteiger partial charge in [0, 0.05) is 39.2 Å². The van der Waals surface area contributed by atoms with Crippen LogP contribution in [0.2, 0.25) is 0 Å². The average Bonchev–Trinajstić information content (AvgIpc) is 1.77. The minimum absolute atomic E-state index is 0.580. The number of ether oxygens (including phenoxy) is 2. The quantitative estimate of drug-likeness (QED) is 0.159. The molecule has 0 atom stereocenters. The molecule has 3 nitrogen and oxygen atoms in total. The first-order valence-corrected chi connectivity index (χ1v) is 28.6. The van der Waals surface area contributed by atoms with Crippen molar-refractivity contribution in [1.82, 2.24) is 0 Å². The van der Waals surface area contributed by atoms with Crippen LogP contribution in [0.4, 0.5) is 17.1 Å². The van der Waals surface area contributed by atoms with E-state index in [-0.39, 0.29) is 0 Å². The Morgan fingerprint density at radius 2 is 0.566 bits per heavy atom. The fourth-order valence-electron chi connectivity index (χ4n) is 14.5. The van der Waals surface area contributed by atoms with Gasteiger partial charge in [-0.05, 0) is 156 Å². The smallest absolute Gasteiger partial charge is 0.132 e. The Bertz CT molecular complexity index is 4670. The molecule has 0 radical (unpaired) electrons. The highest BCUT2D eigenvalue weighted by Gasteiger charge is 2.52. The van der Waals surface area contributed by atoms with Gasteiger partial charge in [0.15, 0.2) is 0 Å². The molecule has 0 unspecified atom stereocenters. The third-order valence-electron chi connectivity index (χ3n) is 18.0. The van der Waals surface area contributed by atoms with Crippen LogP contribution >= 0.6 is 0 Å². The number of nitrogens with zero attached hydrogens (tertiary/aromatic N) is 1. The third kappa shape index (κ3) is 6.92. The molecule has 2 aliphatic heterocycles. The van der Waals surface area contributed by atoms with Crippen molar-refractivity contribution in [3.8, 4) is 89.8 Å². The number of hydrogen-bond donors (Lipinski definition) is 0. The van der Waals surface area contributed by atoms with Gasteiger partial charge >= 0.3 is 0 Å². The normalized spacial score (nSPS) is 13.7. The molecular weight excluding hydrogens is 1010 g/mol. The molecule has 0 N–H and O–H groups in total. The Labute approximate surface area is 483 Å². The third-order valence-corrected chi connectivity index (χ3v) is 18.0. The van der Waals surface area contributed by atoms with Crippen LogP contribution in [-0.2, 0) is 10.8 Å². The van der Waals surface area contributed by atoms with Crippen LogP contribution in [0.15, 0.2) is 309 Å². The van der Waals surface area contributed by atoms with E-state index in [0.717, 1.165) is 90.1 Å². The van der Waals surface area contributed by atoms with Gasteiger partial charge in [-0.2, -0.15) is 0 Å². The first-order chi connectivity index (χ1) is 41.1. The number of hydrogen-bond acceptors (Lipinski definition) is 3. The van der Waals surface area contributed by atoms with Crippen molar-refractivity contribution in [2.24, 2.45) is 0 Å². The summed E-state index contributed by atoms with van der Waals surface area (Å²) in [6, 6.07) is 113. The number of anilines is 3. The number of benzene rings is 13. The van der Waals surface area contributed by atoms with E-state index in [9.17, 15) is 0 Å². The predicted molar refractivity (Wildman–Crippen MR) is 338 cm³/mol. The van der Waals surface area contributed by atoms with E-state index in [1.165, 1.54) is 61.2 Å². The molecule has 0 aromatic heterocycles. The largest absolute Gasteiger partial charge is 0.457 e. The highest BCUT2D eigenvalue weighted by atomic mass is 16.5. The molecule has 0 saturated heterocycles. The lowest BCUT2D eigenvalue weighted by Crippen LogP contribution is -2.32. The maximum atomic E-state index is 6.74. The molecule has 2 heterocycles. The minimum atomic E-state index is -0.603. The summed E-state index contributed by atoms with van der Waals surface area (Å²) in [7, 11) is 0. The van der Waals surface area contributed by atoms with Crippen LogP contribution in [0.5, 0.6) is 23.0 Å². The monoisotopic (exact) mass is 1060 g/mol. The topological polar surface area (TPSA) is 21.7 Å². The van der Waals surface area contributed by atoms with Gasteiger partial charge in [0.05, 0.1) is 16.5 Å². The van der Waals surface area contributed by atoms with E-state index in [4.69, 9.17) is 9.47 Å². The first-order valence-electron chi connectivity index (χ1n) is 28.6. The van der Waals surface area contributed by atoms with Gasteiger partial charge in [0.2, 0.25) is 0 Å². The molecule has 2 spiro atoms. The van der Waals surface area contributed by atoms with Gasteiger partial charge in [-0.3, -0.25) is 0 Å². The van der Waals surface area contributed by atoms with Gasteiger partial charge in [0.1, 0.15) is 23.0 Å². The second-order valence-corrected chi connectivity index (χ2v) is 22.2. The molecule has 0 bridgehead atoms. The summed E-state index contributed by atoms with van der Waals surface area (Å²) in [6.07, 6.45) is 0. The zero-order valence-electron chi connectivity index (χ0n) is 45.2. The van der Waals surface area contributed by atoms with E-state index in [0.29, 0.717) is 0 Å². The number of para-hydroxylation sites is 5. The van der Waals surface area contributed by atoms with Gasteiger partial charge in [-0.15, -0.1) is 0 Å². The van der Waals surface area contributed by atoms with Gasteiger partial charge in [-0.25, -0.2) is 0 Å². The molecule has 2 aliphatic carbocycles. The summed E-state index contributed by atoms with van der Waals surface area (Å²) in [6.45, 7) is 0. The first kappa shape index (κ1) is 47.1. The predicted octanol–water partition coefficient (Wildman–Crippen LogP) is 20.8. The minimum Gasteiger partial charge on any atom is -0.457 e. The van der Waals surface area contributed by atoms with Crippen molar-refractivity contribution in [3.05, 3.63) is 354 Å². The molecule has 13 aromatic rings. The second kappa shape index (κ2) is 18.4. The van der Waals surface area contributed by atoms with Crippen molar-refractivity contribution in [2.75, 3.05) is 4.90 Å². The summed E-state index contributed by atoms with van der Waals surface area (Å²) in [4.78, 5) is 2.45. The fraction of sp³-hybridized carbons (Fsp3) is 0.0250. The van der Waals surface area contributed by atoms with Crippen molar-refractivity contribution >= 4 is 17.1 Å². The fourth-order valence-corrected chi connectivity index (χ4v) is 14.5. The van der Waals surface area contributed by atoms with Gasteiger partial charge < -0.3 is 14.4 Å². The van der Waals surface area contributed by atoms with Crippen molar-refractivity contribution in [1.29, 1.82) is 0 Å². The Hall–Kier alpha value is -10.7. The van der Waals surface area contributed by atoms with E-state index in [1.807, 2.05) is 0 Å². The lowest BCUT2D eigenvalue weighted by atomic mass is 9.66. The molecule has 4 aliphatic rings. The van der Waals surface area contributed by atoms with Crippen LogP contribution < -0.4 is 14.4 Å². The highest BCUT2D eigenvalue weighted by molar-refractivity contribution is 5.95. The second-order valence-electron chi connectivity index (χ2n) is 22.2. The molecule has 83 heavy (non-hydrogen) atoms. The summed E-state index contributed by atoms with van der Waals surface area (Å²) >= 11 is 0. The Morgan fingerprint density at radius 1 is 0.205 bits per heavy atom. The summed E-state index contributed by atoms with van der Waals surface area (Å²) in [5, 5.41) is 0. The summed E-state index contributed by atoms with van der Waals surface area (Å²) < 4.78 is 13.5. The van der Waals surface area contributed by atoms with Gasteiger partial charge in [0.25, 0.3) is 0 Å². The molecule has 17 rings (SSSR count). The van der Waals surface area contributed by atoms with E-state index >= 15 is 0 Å². The molecule has 0 amide bonds. The molecule has 0 fully saturated rings. The van der Waals surface area contributed by atoms with Crippen molar-refractivity contribution in [2.45, 2.75) is 10.8 Å². The molecular formula is C80H51NO2. The maximum Gasteiger partial charge on any atom is 0.132 e. The molecule has 13 aromatic carbocycles. The van der Waals surface area contributed by atoms with E-state index in [1.54, 1.807) is 0 Å². The highest BCUT2D eigenvalue weighted by Crippen LogP contribution is 2.64. The lowest BCUT2D eigenvalue weighted by Gasteiger charge is -2.39. The molecule has 0 saturated carbocycles. The van der Waals surface area contributed by atoms with E-state index < -0.39 is 10.8 Å². The molecule has 388 valence electrons. The van der Waals surface area contributed by atoms with Crippen LogP contribution in [0, 0.1) is 0 Å². The average molecular weight is 1060 g/mol. The summed E-state index contributed by atoms with van der Waals surface area (Å²) in [5.74, 6) is 3.53.